The highest BCUT2D eigenvalue weighted by molar-refractivity contribution is 6.29. The molecule has 0 fully saturated rings. The molecule has 0 aliphatic rings. The molecule has 1 amide bonds. The molecule has 1 N–H and O–H groups in total. The van der Waals surface area contributed by atoms with Gasteiger partial charge in [0, 0.05) is 29.3 Å². The van der Waals surface area contributed by atoms with Gasteiger partial charge in [-0.3, -0.25) is 4.79 Å². The van der Waals surface area contributed by atoms with Gasteiger partial charge in [0.2, 0.25) is 0 Å². The Kier molecular flexibility index (Phi) is 9.19. The first kappa shape index (κ1) is 32.6. The van der Waals surface area contributed by atoms with Crippen molar-refractivity contribution in [1.82, 2.24) is 10.3 Å². The SMILES string of the molecule is Cc1cc(C(=O)NC(Cc2ccccc2)(c2ccc(F)c(C(F)(F)F)c2)c2ccc(OC(F)(F)C(F)F)cc2F)cc(Cl)n1. The summed E-state index contributed by atoms with van der Waals surface area (Å²) in [5, 5.41) is 2.43. The number of ether oxygens (including phenoxy) is 1. The van der Waals surface area contributed by atoms with E-state index in [1.54, 1.807) is 18.2 Å². The van der Waals surface area contributed by atoms with Crippen molar-refractivity contribution in [3.8, 4) is 5.75 Å². The van der Waals surface area contributed by atoms with Gasteiger partial charge in [0.05, 0.1) is 11.1 Å². The zero-order valence-corrected chi connectivity index (χ0v) is 23.1. The average molecular weight is 647 g/mol. The highest BCUT2D eigenvalue weighted by Gasteiger charge is 2.45. The Morgan fingerprint density at radius 3 is 2.16 bits per heavy atom. The van der Waals surface area contributed by atoms with Crippen LogP contribution in [0.1, 0.15) is 38.3 Å². The van der Waals surface area contributed by atoms with Crippen molar-refractivity contribution in [2.24, 2.45) is 0 Å². The molecule has 44 heavy (non-hydrogen) atoms. The molecule has 1 unspecified atom stereocenters. The molecule has 14 heteroatoms. The van der Waals surface area contributed by atoms with Crippen molar-refractivity contribution in [2.45, 2.75) is 37.6 Å². The van der Waals surface area contributed by atoms with Crippen LogP contribution in [-0.2, 0) is 18.1 Å². The van der Waals surface area contributed by atoms with Crippen LogP contribution in [0.15, 0.2) is 78.9 Å². The van der Waals surface area contributed by atoms with Gasteiger partial charge in [-0.05, 0) is 54.4 Å². The van der Waals surface area contributed by atoms with Crippen molar-refractivity contribution < 1.29 is 49.0 Å². The normalized spacial score (nSPS) is 13.5. The number of nitrogens with zero attached hydrogens (tertiary/aromatic N) is 1. The number of hydrogen-bond donors (Lipinski definition) is 1. The minimum Gasteiger partial charge on any atom is -0.428 e. The fourth-order valence-electron chi connectivity index (χ4n) is 4.58. The molecule has 4 rings (SSSR count). The highest BCUT2D eigenvalue weighted by atomic mass is 35.5. The Balaban J connectivity index is 2.00. The third-order valence-electron chi connectivity index (χ3n) is 6.50. The Morgan fingerprint density at radius 1 is 0.886 bits per heavy atom. The Morgan fingerprint density at radius 2 is 1.57 bits per heavy atom. The minimum absolute atomic E-state index is 0.113. The number of aryl methyl sites for hydroxylation is 1. The van der Waals surface area contributed by atoms with E-state index in [2.05, 4.69) is 15.0 Å². The topological polar surface area (TPSA) is 51.2 Å². The van der Waals surface area contributed by atoms with Gasteiger partial charge in [-0.25, -0.2) is 13.8 Å². The smallest absolute Gasteiger partial charge is 0.428 e. The number of carbonyl (C=O) groups excluding carboxylic acids is 1. The van der Waals surface area contributed by atoms with Gasteiger partial charge in [0.1, 0.15) is 22.5 Å². The molecule has 0 aliphatic carbocycles. The molecule has 1 aromatic heterocycles. The number of carbonyl (C=O) groups is 1. The molecule has 0 bridgehead atoms. The molecule has 4 aromatic rings. The lowest BCUT2D eigenvalue weighted by atomic mass is 9.76. The molecule has 0 saturated carbocycles. The summed E-state index contributed by atoms with van der Waals surface area (Å²) >= 11 is 5.99. The fourth-order valence-corrected chi connectivity index (χ4v) is 4.83. The lowest BCUT2D eigenvalue weighted by molar-refractivity contribution is -0.253. The van der Waals surface area contributed by atoms with Crippen LogP contribution in [0.3, 0.4) is 0 Å². The van der Waals surface area contributed by atoms with Crippen LogP contribution in [-0.4, -0.2) is 23.4 Å². The summed E-state index contributed by atoms with van der Waals surface area (Å²) in [6, 6.07) is 13.7. The molecule has 1 atom stereocenters. The lowest BCUT2D eigenvalue weighted by Crippen LogP contribution is -2.49. The van der Waals surface area contributed by atoms with E-state index >= 15 is 4.39 Å². The van der Waals surface area contributed by atoms with Gasteiger partial charge in [0.25, 0.3) is 5.91 Å². The fraction of sp³-hybridized carbons (Fsp3) is 0.200. The maximum atomic E-state index is 15.9. The van der Waals surface area contributed by atoms with Crippen LogP contribution in [0.5, 0.6) is 5.75 Å². The second-order valence-electron chi connectivity index (χ2n) is 9.64. The summed E-state index contributed by atoms with van der Waals surface area (Å²) in [6.07, 6.45) is -14.9. The zero-order chi connectivity index (χ0) is 32.4. The molecule has 232 valence electrons. The Labute approximate surface area is 249 Å². The van der Waals surface area contributed by atoms with E-state index < -0.39 is 70.7 Å². The van der Waals surface area contributed by atoms with Gasteiger partial charge in [0.15, 0.2) is 0 Å². The summed E-state index contributed by atoms with van der Waals surface area (Å²) in [5.41, 5.74) is -4.56. The summed E-state index contributed by atoms with van der Waals surface area (Å²) in [6.45, 7) is 1.50. The molecular weight excluding hydrogens is 627 g/mol. The molecule has 0 radical (unpaired) electrons. The van der Waals surface area contributed by atoms with E-state index in [1.165, 1.54) is 25.1 Å². The third kappa shape index (κ3) is 7.09. The van der Waals surface area contributed by atoms with Crippen LogP contribution in [0, 0.1) is 18.6 Å². The van der Waals surface area contributed by atoms with Crippen LogP contribution in [0.4, 0.5) is 39.5 Å². The van der Waals surface area contributed by atoms with E-state index in [0.717, 1.165) is 18.2 Å². The van der Waals surface area contributed by atoms with Gasteiger partial charge < -0.3 is 10.1 Å². The summed E-state index contributed by atoms with van der Waals surface area (Å²) < 4.78 is 128. The van der Waals surface area contributed by atoms with Gasteiger partial charge in [-0.15, -0.1) is 0 Å². The number of rotatable bonds is 9. The highest BCUT2D eigenvalue weighted by Crippen LogP contribution is 2.41. The number of halogens is 10. The van der Waals surface area contributed by atoms with E-state index in [-0.39, 0.29) is 16.4 Å². The van der Waals surface area contributed by atoms with Crippen LogP contribution in [0.25, 0.3) is 0 Å². The van der Waals surface area contributed by atoms with E-state index in [9.17, 15) is 39.9 Å². The van der Waals surface area contributed by atoms with E-state index in [4.69, 9.17) is 11.6 Å². The first-order chi connectivity index (χ1) is 20.5. The standard InChI is InChI=1S/C30H20ClF9N2O2/c1-16-11-18(12-25(31)41-16)26(43)42-28(15-17-5-3-2-4-6-17,19-7-10-23(32)22(13-19)29(36,37)38)21-9-8-20(14-24(21)33)44-30(39,40)27(34)35/h2-14,27H,15H2,1H3,(H,42,43). The summed E-state index contributed by atoms with van der Waals surface area (Å²) in [5.74, 6) is -5.10. The van der Waals surface area contributed by atoms with Gasteiger partial charge in [-0.2, -0.15) is 30.7 Å². The van der Waals surface area contributed by atoms with Crippen LogP contribution >= 0.6 is 11.6 Å². The van der Waals surface area contributed by atoms with Crippen LogP contribution < -0.4 is 10.1 Å². The molecule has 4 nitrogen and oxygen atoms in total. The monoisotopic (exact) mass is 646 g/mol. The van der Waals surface area contributed by atoms with Crippen molar-refractivity contribution in [3.63, 3.8) is 0 Å². The number of pyridine rings is 1. The maximum Gasteiger partial charge on any atom is 0.461 e. The number of benzene rings is 3. The zero-order valence-electron chi connectivity index (χ0n) is 22.3. The van der Waals surface area contributed by atoms with Crippen molar-refractivity contribution in [3.05, 3.63) is 129 Å². The maximum absolute atomic E-state index is 15.9. The largest absolute Gasteiger partial charge is 0.461 e. The van der Waals surface area contributed by atoms with E-state index in [1.807, 2.05) is 0 Å². The molecule has 1 heterocycles. The third-order valence-corrected chi connectivity index (χ3v) is 6.69. The quantitative estimate of drug-likeness (QED) is 0.147. The van der Waals surface area contributed by atoms with Gasteiger partial charge >= 0.3 is 18.7 Å². The molecule has 0 spiro atoms. The number of nitrogens with one attached hydrogen (secondary N) is 1. The van der Waals surface area contributed by atoms with E-state index in [0.29, 0.717) is 29.8 Å². The molecular formula is C30H20ClF9N2O2. The second-order valence-corrected chi connectivity index (χ2v) is 10.0. The van der Waals surface area contributed by atoms with Gasteiger partial charge in [-0.1, -0.05) is 48.0 Å². The summed E-state index contributed by atoms with van der Waals surface area (Å²) in [4.78, 5) is 17.6. The second kappa shape index (κ2) is 12.4. The molecule has 3 aromatic carbocycles. The Hall–Kier alpha value is -4.26. The minimum atomic E-state index is -5.21. The molecule has 0 saturated heterocycles. The average Bonchev–Trinajstić information content (AvgIpc) is 2.92. The number of amides is 1. The van der Waals surface area contributed by atoms with Crippen molar-refractivity contribution in [2.75, 3.05) is 0 Å². The predicted octanol–water partition coefficient (Wildman–Crippen LogP) is 8.49. The van der Waals surface area contributed by atoms with Crippen molar-refractivity contribution >= 4 is 17.5 Å². The Bertz CT molecular complexity index is 1650. The lowest BCUT2D eigenvalue weighted by Gasteiger charge is -2.37. The first-order valence-corrected chi connectivity index (χ1v) is 12.9. The first-order valence-electron chi connectivity index (χ1n) is 12.5. The van der Waals surface area contributed by atoms with Crippen molar-refractivity contribution in [1.29, 1.82) is 0 Å². The number of aromatic nitrogens is 1. The molecule has 0 aliphatic heterocycles. The predicted molar refractivity (Wildman–Crippen MR) is 142 cm³/mol. The number of alkyl halides is 7. The summed E-state index contributed by atoms with van der Waals surface area (Å²) in [7, 11) is 0. The van der Waals surface area contributed by atoms with Crippen LogP contribution in [0.2, 0.25) is 5.15 Å². The number of hydrogen-bond acceptors (Lipinski definition) is 3.